The van der Waals surface area contributed by atoms with Gasteiger partial charge in [0.25, 0.3) is 5.91 Å². The lowest BCUT2D eigenvalue weighted by Crippen LogP contribution is -2.66. The number of hydrogen-bond donors (Lipinski definition) is 2. The van der Waals surface area contributed by atoms with Crippen molar-refractivity contribution in [1.29, 1.82) is 5.41 Å². The Balaban J connectivity index is 1.17. The van der Waals surface area contributed by atoms with Crippen molar-refractivity contribution < 1.29 is 9.53 Å². The summed E-state index contributed by atoms with van der Waals surface area (Å²) in [7, 11) is 1.83. The number of ether oxygens (including phenoxy) is 1. The Morgan fingerprint density at radius 3 is 2.69 bits per heavy atom. The minimum atomic E-state index is 0.168. The Kier molecular flexibility index (Phi) is 5.52. The van der Waals surface area contributed by atoms with Crippen LogP contribution in [0.25, 0.3) is 11.3 Å². The zero-order chi connectivity index (χ0) is 24.9. The van der Waals surface area contributed by atoms with Gasteiger partial charge in [0.1, 0.15) is 11.5 Å². The van der Waals surface area contributed by atoms with Gasteiger partial charge in [-0.25, -0.2) is 0 Å². The van der Waals surface area contributed by atoms with E-state index in [2.05, 4.69) is 33.1 Å². The summed E-state index contributed by atoms with van der Waals surface area (Å²) in [5.74, 6) is 1.54. The summed E-state index contributed by atoms with van der Waals surface area (Å²) >= 11 is 0. The summed E-state index contributed by atoms with van der Waals surface area (Å²) < 4.78 is 6.09. The zero-order valence-corrected chi connectivity index (χ0v) is 20.8. The van der Waals surface area contributed by atoms with E-state index in [9.17, 15) is 4.79 Å². The smallest absolute Gasteiger partial charge is 0.254 e. The monoisotopic (exact) mass is 481 g/mol. The number of amides is 1. The lowest BCUT2D eigenvalue weighted by Gasteiger charge is -2.60. The van der Waals surface area contributed by atoms with Gasteiger partial charge in [0.2, 0.25) is 0 Å². The molecule has 3 aliphatic rings. The number of fused-ring (bicyclic) bond motifs is 1. The highest BCUT2D eigenvalue weighted by atomic mass is 16.5. The van der Waals surface area contributed by atoms with Gasteiger partial charge >= 0.3 is 0 Å². The molecule has 1 amide bonds. The van der Waals surface area contributed by atoms with Crippen LogP contribution in [0.3, 0.4) is 0 Å². The van der Waals surface area contributed by atoms with Crippen molar-refractivity contribution in [3.05, 3.63) is 71.4 Å². The lowest BCUT2D eigenvalue weighted by atomic mass is 9.60. The molecular formula is C29H31N5O2. The van der Waals surface area contributed by atoms with E-state index >= 15 is 0 Å². The van der Waals surface area contributed by atoms with Gasteiger partial charge < -0.3 is 25.3 Å². The fourth-order valence-electron chi connectivity index (χ4n) is 6.05. The SMILES string of the molecule is CCN1CC2(CC(N3Cc4cc(-c5cc(Oc6ccc(C=N)c(NC)c6)ccn5)ccc4C3=O)C2)C1. The van der Waals surface area contributed by atoms with Crippen LogP contribution in [0.5, 0.6) is 11.5 Å². The molecule has 36 heavy (non-hydrogen) atoms. The Morgan fingerprint density at radius 1 is 1.14 bits per heavy atom. The number of hydrogen-bond acceptors (Lipinski definition) is 6. The maximum absolute atomic E-state index is 13.1. The summed E-state index contributed by atoms with van der Waals surface area (Å²) in [5.41, 5.74) is 5.78. The molecule has 3 heterocycles. The predicted octanol–water partition coefficient (Wildman–Crippen LogP) is 5.02. The van der Waals surface area contributed by atoms with Crippen LogP contribution in [0.4, 0.5) is 5.69 Å². The summed E-state index contributed by atoms with van der Waals surface area (Å²) in [6.45, 7) is 6.40. The van der Waals surface area contributed by atoms with E-state index < -0.39 is 0 Å². The Morgan fingerprint density at radius 2 is 1.94 bits per heavy atom. The molecule has 1 aliphatic carbocycles. The van der Waals surface area contributed by atoms with Crippen molar-refractivity contribution in [2.75, 3.05) is 32.0 Å². The Hall–Kier alpha value is -3.71. The number of nitrogens with one attached hydrogen (secondary N) is 2. The van der Waals surface area contributed by atoms with Crippen LogP contribution in [0.15, 0.2) is 54.7 Å². The fourth-order valence-corrected chi connectivity index (χ4v) is 6.05. The molecule has 1 saturated heterocycles. The standard InChI is InChI=1S/C29H31N5O2/c1-3-33-17-29(18-33)13-22(14-29)34-16-21-10-19(5-7-25(21)28(34)35)27-12-24(8-9-32-27)36-23-6-4-20(15-30)26(11-23)31-2/h4-12,15,22,30-31H,3,13-14,16-18H2,1-2H3. The van der Waals surface area contributed by atoms with Crippen LogP contribution < -0.4 is 10.1 Å². The molecule has 2 aliphatic heterocycles. The molecule has 0 unspecified atom stereocenters. The van der Waals surface area contributed by atoms with E-state index in [4.69, 9.17) is 10.1 Å². The van der Waals surface area contributed by atoms with Gasteiger partial charge in [0.05, 0.1) is 5.69 Å². The molecule has 2 N–H and O–H groups in total. The van der Waals surface area contributed by atoms with E-state index in [-0.39, 0.29) is 5.91 Å². The molecule has 7 nitrogen and oxygen atoms in total. The van der Waals surface area contributed by atoms with Gasteiger partial charge in [0, 0.05) is 79.6 Å². The van der Waals surface area contributed by atoms with Crippen molar-refractivity contribution >= 4 is 17.8 Å². The first kappa shape index (κ1) is 22.7. The van der Waals surface area contributed by atoms with Crippen molar-refractivity contribution in [3.8, 4) is 22.8 Å². The Labute approximate surface area is 211 Å². The third-order valence-electron chi connectivity index (χ3n) is 7.99. The van der Waals surface area contributed by atoms with Gasteiger partial charge in [-0.05, 0) is 60.7 Å². The summed E-state index contributed by atoms with van der Waals surface area (Å²) in [4.78, 5) is 22.3. The maximum Gasteiger partial charge on any atom is 0.254 e. The molecule has 1 spiro atoms. The van der Waals surface area contributed by atoms with E-state index in [0.29, 0.717) is 29.5 Å². The first-order valence-electron chi connectivity index (χ1n) is 12.6. The van der Waals surface area contributed by atoms with Crippen LogP contribution in [-0.4, -0.2) is 59.6 Å². The van der Waals surface area contributed by atoms with Crippen molar-refractivity contribution in [1.82, 2.24) is 14.8 Å². The number of carbonyl (C=O) groups excluding carboxylic acids is 1. The highest BCUT2D eigenvalue weighted by Gasteiger charge is 2.54. The molecule has 0 radical (unpaired) electrons. The number of rotatable bonds is 7. The third-order valence-corrected chi connectivity index (χ3v) is 7.99. The molecular weight excluding hydrogens is 450 g/mol. The van der Waals surface area contributed by atoms with Crippen LogP contribution >= 0.6 is 0 Å². The first-order valence-corrected chi connectivity index (χ1v) is 12.6. The van der Waals surface area contributed by atoms with Crippen LogP contribution in [0.2, 0.25) is 0 Å². The molecule has 2 aromatic carbocycles. The fraction of sp³-hybridized carbons (Fsp3) is 0.345. The number of pyridine rings is 1. The van der Waals surface area contributed by atoms with E-state index in [1.54, 1.807) is 6.20 Å². The molecule has 6 rings (SSSR count). The average Bonchev–Trinajstić information content (AvgIpc) is 3.18. The second-order valence-electron chi connectivity index (χ2n) is 10.3. The number of carbonyl (C=O) groups is 1. The molecule has 0 bridgehead atoms. The second kappa shape index (κ2) is 8.75. The molecule has 184 valence electrons. The highest BCUT2D eigenvalue weighted by Crippen LogP contribution is 2.51. The Bertz CT molecular complexity index is 1340. The van der Waals surface area contributed by atoms with Crippen LogP contribution in [0, 0.1) is 10.8 Å². The maximum atomic E-state index is 13.1. The molecule has 2 fully saturated rings. The van der Waals surface area contributed by atoms with Gasteiger partial charge in [-0.3, -0.25) is 9.78 Å². The van der Waals surface area contributed by atoms with Crippen molar-refractivity contribution in [2.24, 2.45) is 5.41 Å². The lowest BCUT2D eigenvalue weighted by molar-refractivity contribution is -0.0992. The second-order valence-corrected chi connectivity index (χ2v) is 10.3. The van der Waals surface area contributed by atoms with Gasteiger partial charge in [-0.15, -0.1) is 0 Å². The predicted molar refractivity (Wildman–Crippen MR) is 141 cm³/mol. The van der Waals surface area contributed by atoms with Gasteiger partial charge in [-0.2, -0.15) is 0 Å². The summed E-state index contributed by atoms with van der Waals surface area (Å²) in [6.07, 6.45) is 5.32. The molecule has 1 saturated carbocycles. The van der Waals surface area contributed by atoms with Crippen LogP contribution in [-0.2, 0) is 6.54 Å². The van der Waals surface area contributed by atoms with E-state index in [1.807, 2.05) is 49.5 Å². The van der Waals surface area contributed by atoms with Crippen molar-refractivity contribution in [3.63, 3.8) is 0 Å². The summed E-state index contributed by atoms with van der Waals surface area (Å²) in [6, 6.07) is 15.7. The molecule has 3 aromatic rings. The minimum Gasteiger partial charge on any atom is -0.457 e. The molecule has 7 heteroatoms. The van der Waals surface area contributed by atoms with Gasteiger partial charge in [-0.1, -0.05) is 13.0 Å². The number of likely N-dealkylation sites (tertiary alicyclic amines) is 1. The zero-order valence-electron chi connectivity index (χ0n) is 20.8. The third kappa shape index (κ3) is 3.84. The molecule has 0 atom stereocenters. The van der Waals surface area contributed by atoms with E-state index in [0.717, 1.165) is 53.0 Å². The molecule has 1 aromatic heterocycles. The largest absolute Gasteiger partial charge is 0.457 e. The highest BCUT2D eigenvalue weighted by molar-refractivity contribution is 5.99. The number of anilines is 1. The summed E-state index contributed by atoms with van der Waals surface area (Å²) in [5, 5.41) is 10.6. The minimum absolute atomic E-state index is 0.168. The van der Waals surface area contributed by atoms with Crippen LogP contribution in [0.1, 0.15) is 41.3 Å². The number of aromatic nitrogens is 1. The quantitative estimate of drug-likeness (QED) is 0.463. The normalized spacial score (nSPS) is 18.5. The van der Waals surface area contributed by atoms with Gasteiger partial charge in [0.15, 0.2) is 0 Å². The number of benzene rings is 2. The topological polar surface area (TPSA) is 81.6 Å². The average molecular weight is 482 g/mol. The van der Waals surface area contributed by atoms with Crippen molar-refractivity contribution in [2.45, 2.75) is 32.4 Å². The first-order chi connectivity index (χ1) is 17.5. The number of nitrogens with zero attached hydrogens (tertiary/aromatic N) is 3. The van der Waals surface area contributed by atoms with E-state index in [1.165, 1.54) is 19.3 Å².